The summed E-state index contributed by atoms with van der Waals surface area (Å²) in [5, 5.41) is 14.6. The number of benzene rings is 2. The van der Waals surface area contributed by atoms with Gasteiger partial charge in [0.1, 0.15) is 0 Å². The van der Waals surface area contributed by atoms with Gasteiger partial charge in [-0.25, -0.2) is 0 Å². The third kappa shape index (κ3) is 5.84. The molecular weight excluding hydrogens is 514 g/mol. The highest BCUT2D eigenvalue weighted by molar-refractivity contribution is 5.82. The van der Waals surface area contributed by atoms with Gasteiger partial charge >= 0.3 is 0 Å². The Morgan fingerprint density at radius 2 is 1.80 bits per heavy atom. The third-order valence-corrected chi connectivity index (χ3v) is 8.31. The summed E-state index contributed by atoms with van der Waals surface area (Å²) in [4.78, 5) is 43.8. The molecule has 2 fully saturated rings. The Morgan fingerprint density at radius 3 is 2.52 bits per heavy atom. The Hall–Kier alpha value is -3.86. The van der Waals surface area contributed by atoms with E-state index in [0.717, 1.165) is 42.7 Å². The minimum atomic E-state index is -0.399. The maximum atomic E-state index is 13.6. The summed E-state index contributed by atoms with van der Waals surface area (Å²) in [6, 6.07) is 10.5. The van der Waals surface area contributed by atoms with Crippen molar-refractivity contribution in [1.82, 2.24) is 15.1 Å². The van der Waals surface area contributed by atoms with E-state index in [0.29, 0.717) is 57.1 Å². The van der Waals surface area contributed by atoms with Gasteiger partial charge in [-0.2, -0.15) is 0 Å². The molecule has 0 unspecified atom stereocenters. The van der Waals surface area contributed by atoms with Gasteiger partial charge in [-0.3, -0.25) is 24.6 Å². The third-order valence-electron chi connectivity index (χ3n) is 8.31. The van der Waals surface area contributed by atoms with E-state index in [9.17, 15) is 19.7 Å². The quantitative estimate of drug-likeness (QED) is 0.373. The number of non-ortho nitro benzene ring substituents is 1. The number of piperazine rings is 1. The molecule has 3 aliphatic heterocycles. The van der Waals surface area contributed by atoms with Gasteiger partial charge in [0.25, 0.3) is 5.69 Å². The molecule has 11 nitrogen and oxygen atoms in total. The number of hydrogen-bond acceptors (Lipinski definition) is 8. The second kappa shape index (κ2) is 12.1. The zero-order chi connectivity index (χ0) is 28.2. The largest absolute Gasteiger partial charge is 0.493 e. The summed E-state index contributed by atoms with van der Waals surface area (Å²) in [5.74, 6) is 0.951. The molecule has 3 heterocycles. The van der Waals surface area contributed by atoms with E-state index in [1.165, 1.54) is 6.07 Å². The molecule has 2 aromatic rings. The summed E-state index contributed by atoms with van der Waals surface area (Å²) >= 11 is 0. The van der Waals surface area contributed by atoms with Gasteiger partial charge in [0, 0.05) is 57.1 Å². The lowest BCUT2D eigenvalue weighted by atomic mass is 9.83. The van der Waals surface area contributed by atoms with Gasteiger partial charge < -0.3 is 24.6 Å². The Balaban J connectivity index is 1.30. The molecule has 3 aliphatic rings. The fourth-order valence-electron chi connectivity index (χ4n) is 6.18. The number of amides is 2. The van der Waals surface area contributed by atoms with Crippen molar-refractivity contribution in [3.05, 3.63) is 57.6 Å². The topological polar surface area (TPSA) is 117 Å². The van der Waals surface area contributed by atoms with Crippen molar-refractivity contribution in [2.75, 3.05) is 64.9 Å². The summed E-state index contributed by atoms with van der Waals surface area (Å²) in [7, 11) is 3.18. The first-order chi connectivity index (χ1) is 19.4. The number of carbonyl (C=O) groups is 2. The molecule has 5 rings (SSSR count). The molecule has 11 heteroatoms. The van der Waals surface area contributed by atoms with Crippen LogP contribution in [-0.2, 0) is 22.4 Å². The van der Waals surface area contributed by atoms with Crippen LogP contribution in [0.2, 0.25) is 0 Å². The van der Waals surface area contributed by atoms with Crippen LogP contribution in [0.5, 0.6) is 11.5 Å². The summed E-state index contributed by atoms with van der Waals surface area (Å²) in [6.45, 7) is 4.36. The smallest absolute Gasteiger partial charge is 0.269 e. The van der Waals surface area contributed by atoms with Gasteiger partial charge in [-0.1, -0.05) is 6.07 Å². The number of methoxy groups -OCH3 is 2. The number of nitro groups is 1. The molecule has 214 valence electrons. The first-order valence-corrected chi connectivity index (χ1v) is 13.9. The molecule has 0 spiro atoms. The van der Waals surface area contributed by atoms with Gasteiger partial charge in [0.2, 0.25) is 11.8 Å². The normalized spacial score (nSPS) is 20.4. The molecule has 2 amide bonds. The summed E-state index contributed by atoms with van der Waals surface area (Å²) in [5.41, 5.74) is 2.79. The van der Waals surface area contributed by atoms with Gasteiger partial charge in [-0.15, -0.1) is 0 Å². The number of nitro benzene ring substituents is 1. The molecular formula is C29H37N5O6. The lowest BCUT2D eigenvalue weighted by Crippen LogP contribution is -2.62. The average Bonchev–Trinajstić information content (AvgIpc) is 3.51. The number of hydrogen-bond donors (Lipinski definition) is 1. The molecule has 0 radical (unpaired) electrons. The second-order valence-corrected chi connectivity index (χ2v) is 10.7. The van der Waals surface area contributed by atoms with Crippen LogP contribution >= 0.6 is 0 Å². The molecule has 40 heavy (non-hydrogen) atoms. The zero-order valence-corrected chi connectivity index (χ0v) is 23.1. The monoisotopic (exact) mass is 551 g/mol. The predicted molar refractivity (Wildman–Crippen MR) is 150 cm³/mol. The van der Waals surface area contributed by atoms with Crippen LogP contribution in [-0.4, -0.2) is 92.6 Å². The molecule has 1 N–H and O–H groups in total. The molecule has 2 atom stereocenters. The number of carbonyl (C=O) groups excluding carboxylic acids is 2. The van der Waals surface area contributed by atoms with Crippen LogP contribution in [0.15, 0.2) is 36.4 Å². The number of fused-ring (bicyclic) bond motifs is 3. The van der Waals surface area contributed by atoms with E-state index in [1.54, 1.807) is 26.4 Å². The van der Waals surface area contributed by atoms with Gasteiger partial charge in [-0.05, 0) is 55.0 Å². The summed E-state index contributed by atoms with van der Waals surface area (Å²) in [6.07, 6.45) is 3.13. The lowest BCUT2D eigenvalue weighted by molar-refractivity contribution is -0.384. The van der Waals surface area contributed by atoms with E-state index < -0.39 is 10.8 Å². The Kier molecular flexibility index (Phi) is 8.39. The Bertz CT molecular complexity index is 1260. The van der Waals surface area contributed by atoms with E-state index in [4.69, 9.17) is 9.47 Å². The SMILES string of the molecule is COc1ccc(CCNC(=O)[C@@H]2Cc3cc([N+](=O)[O-])ccc3N3CCN(CC(=O)N4CCCC4)C[C@@H]23)cc1OC. The average molecular weight is 552 g/mol. The molecule has 2 saturated heterocycles. The number of likely N-dealkylation sites (tertiary alicyclic amines) is 1. The van der Waals surface area contributed by atoms with Crippen molar-refractivity contribution < 1.29 is 24.0 Å². The second-order valence-electron chi connectivity index (χ2n) is 10.7. The lowest BCUT2D eigenvalue weighted by Gasteiger charge is -2.49. The number of nitrogens with zero attached hydrogens (tertiary/aromatic N) is 4. The molecule has 2 aromatic carbocycles. The standard InChI is InChI=1S/C29H37N5O6/c1-39-26-8-5-20(15-27(26)40-2)9-10-30-29(36)23-17-21-16-22(34(37)38)6-7-24(21)33-14-13-31(18-25(23)33)19-28(35)32-11-3-4-12-32/h5-8,15-16,23,25H,3-4,9-14,17-19H2,1-2H3,(H,30,36)/t23-,25+/m1/s1. The van der Waals surface area contributed by atoms with Crippen LogP contribution in [0.25, 0.3) is 0 Å². The minimum absolute atomic E-state index is 0.0275. The van der Waals surface area contributed by atoms with Gasteiger partial charge in [0.05, 0.1) is 37.6 Å². The highest BCUT2D eigenvalue weighted by Crippen LogP contribution is 2.38. The van der Waals surface area contributed by atoms with Crippen LogP contribution < -0.4 is 19.7 Å². The zero-order valence-electron chi connectivity index (χ0n) is 23.1. The number of ether oxygens (including phenoxy) is 2. The van der Waals surface area contributed by atoms with E-state index in [-0.39, 0.29) is 23.5 Å². The van der Waals surface area contributed by atoms with Gasteiger partial charge in [0.15, 0.2) is 11.5 Å². The van der Waals surface area contributed by atoms with E-state index in [2.05, 4.69) is 15.1 Å². The molecule has 0 bridgehead atoms. The number of nitrogens with one attached hydrogen (secondary N) is 1. The van der Waals surface area contributed by atoms with Crippen LogP contribution in [0, 0.1) is 16.0 Å². The fraction of sp³-hybridized carbons (Fsp3) is 0.517. The number of rotatable bonds is 9. The van der Waals surface area contributed by atoms with Crippen molar-refractivity contribution >= 4 is 23.2 Å². The van der Waals surface area contributed by atoms with Crippen molar-refractivity contribution in [2.45, 2.75) is 31.7 Å². The van der Waals surface area contributed by atoms with E-state index >= 15 is 0 Å². The van der Waals surface area contributed by atoms with Crippen LogP contribution in [0.3, 0.4) is 0 Å². The van der Waals surface area contributed by atoms with Crippen molar-refractivity contribution in [2.24, 2.45) is 5.92 Å². The molecule has 0 aromatic heterocycles. The summed E-state index contributed by atoms with van der Waals surface area (Å²) < 4.78 is 10.7. The van der Waals surface area contributed by atoms with Crippen molar-refractivity contribution in [3.8, 4) is 11.5 Å². The maximum Gasteiger partial charge on any atom is 0.269 e. The molecule has 0 aliphatic carbocycles. The highest BCUT2D eigenvalue weighted by atomic mass is 16.6. The number of anilines is 1. The van der Waals surface area contributed by atoms with Crippen LogP contribution in [0.1, 0.15) is 24.0 Å². The first-order valence-electron chi connectivity index (χ1n) is 13.9. The minimum Gasteiger partial charge on any atom is -0.493 e. The molecule has 0 saturated carbocycles. The van der Waals surface area contributed by atoms with E-state index in [1.807, 2.05) is 23.1 Å². The Morgan fingerprint density at radius 1 is 1.02 bits per heavy atom. The van der Waals surface area contributed by atoms with Crippen molar-refractivity contribution in [3.63, 3.8) is 0 Å². The van der Waals surface area contributed by atoms with Crippen LogP contribution in [0.4, 0.5) is 11.4 Å². The first kappa shape index (κ1) is 27.7. The fourth-order valence-corrected chi connectivity index (χ4v) is 6.18. The predicted octanol–water partition coefficient (Wildman–Crippen LogP) is 2.26. The highest BCUT2D eigenvalue weighted by Gasteiger charge is 2.42. The Labute approximate surface area is 234 Å². The van der Waals surface area contributed by atoms with Crippen molar-refractivity contribution in [1.29, 1.82) is 0 Å². The maximum absolute atomic E-state index is 13.6.